The van der Waals surface area contributed by atoms with Crippen molar-refractivity contribution in [3.63, 3.8) is 0 Å². The minimum absolute atomic E-state index is 0.112. The monoisotopic (exact) mass is 272 g/mol. The molecular formula is C13H18F2N2O2. The molecule has 1 aromatic carbocycles. The summed E-state index contributed by atoms with van der Waals surface area (Å²) in [4.78, 5) is 11.6. The number of hydrogen-bond donors (Lipinski definition) is 3. The zero-order valence-corrected chi connectivity index (χ0v) is 10.9. The number of halogens is 2. The topological polar surface area (TPSA) is 61.4 Å². The van der Waals surface area contributed by atoms with Crippen LogP contribution in [0.25, 0.3) is 0 Å². The van der Waals surface area contributed by atoms with Crippen LogP contribution < -0.4 is 10.6 Å². The number of aliphatic hydroxyl groups is 1. The number of carbonyl (C=O) groups is 1. The van der Waals surface area contributed by atoms with E-state index in [4.69, 9.17) is 5.11 Å². The summed E-state index contributed by atoms with van der Waals surface area (Å²) < 4.78 is 26.6. The molecule has 6 heteroatoms. The fraction of sp³-hybridized carbons (Fsp3) is 0.462. The van der Waals surface area contributed by atoms with Gasteiger partial charge in [0, 0.05) is 6.04 Å². The summed E-state index contributed by atoms with van der Waals surface area (Å²) in [5.74, 6) is -2.07. The van der Waals surface area contributed by atoms with Crippen LogP contribution in [0.5, 0.6) is 0 Å². The molecule has 1 aromatic rings. The van der Waals surface area contributed by atoms with Crippen LogP contribution in [0.1, 0.15) is 13.8 Å². The summed E-state index contributed by atoms with van der Waals surface area (Å²) >= 11 is 0. The molecule has 0 spiro atoms. The van der Waals surface area contributed by atoms with E-state index in [2.05, 4.69) is 10.6 Å². The minimum atomic E-state index is -0.823. The van der Waals surface area contributed by atoms with Crippen molar-refractivity contribution in [2.75, 3.05) is 18.5 Å². The molecule has 1 rings (SSSR count). The van der Waals surface area contributed by atoms with Crippen LogP contribution in [0.2, 0.25) is 0 Å². The Morgan fingerprint density at radius 3 is 2.37 bits per heavy atom. The molecule has 106 valence electrons. The minimum Gasteiger partial charge on any atom is -0.395 e. The predicted molar refractivity (Wildman–Crippen MR) is 68.7 cm³/mol. The molecule has 0 unspecified atom stereocenters. The first-order valence-corrected chi connectivity index (χ1v) is 6.03. The fourth-order valence-corrected chi connectivity index (χ4v) is 1.54. The van der Waals surface area contributed by atoms with Crippen LogP contribution in [0.3, 0.4) is 0 Å². The van der Waals surface area contributed by atoms with Crippen molar-refractivity contribution in [1.29, 1.82) is 0 Å². The maximum atomic E-state index is 13.3. The standard InChI is InChI=1S/C13H18F2N2O2/c1-8(2)11(7-18)16-6-12(19)17-13-9(14)4-3-5-10(13)15/h3-5,8,11,16,18H,6-7H2,1-2H3,(H,17,19)/t11-/m1/s1. The van der Waals surface area contributed by atoms with Gasteiger partial charge in [-0.3, -0.25) is 4.79 Å². The van der Waals surface area contributed by atoms with E-state index in [0.717, 1.165) is 12.1 Å². The van der Waals surface area contributed by atoms with E-state index in [1.807, 2.05) is 13.8 Å². The molecule has 0 saturated heterocycles. The number of nitrogens with one attached hydrogen (secondary N) is 2. The summed E-state index contributed by atoms with van der Waals surface area (Å²) in [6, 6.07) is 3.11. The first-order chi connectivity index (χ1) is 8.95. The van der Waals surface area contributed by atoms with Gasteiger partial charge in [0.05, 0.1) is 13.2 Å². The van der Waals surface area contributed by atoms with Gasteiger partial charge in [0.25, 0.3) is 0 Å². The smallest absolute Gasteiger partial charge is 0.238 e. The van der Waals surface area contributed by atoms with E-state index in [0.29, 0.717) is 0 Å². The number of rotatable bonds is 6. The van der Waals surface area contributed by atoms with Crippen molar-refractivity contribution in [2.45, 2.75) is 19.9 Å². The van der Waals surface area contributed by atoms with Gasteiger partial charge in [-0.05, 0) is 18.1 Å². The molecule has 0 aliphatic carbocycles. The van der Waals surface area contributed by atoms with Gasteiger partial charge in [-0.25, -0.2) is 8.78 Å². The van der Waals surface area contributed by atoms with Gasteiger partial charge in [-0.1, -0.05) is 19.9 Å². The summed E-state index contributed by atoms with van der Waals surface area (Å²) in [6.07, 6.45) is 0. The Morgan fingerprint density at radius 1 is 1.32 bits per heavy atom. The molecule has 0 aromatic heterocycles. The molecule has 4 nitrogen and oxygen atoms in total. The summed E-state index contributed by atoms with van der Waals surface area (Å²) in [5, 5.41) is 14.1. The molecule has 3 N–H and O–H groups in total. The molecule has 19 heavy (non-hydrogen) atoms. The summed E-state index contributed by atoms with van der Waals surface area (Å²) in [6.45, 7) is 3.54. The fourth-order valence-electron chi connectivity index (χ4n) is 1.54. The molecule has 0 aliphatic rings. The number of anilines is 1. The number of benzene rings is 1. The SMILES string of the molecule is CC(C)[C@@H](CO)NCC(=O)Nc1c(F)cccc1F. The highest BCUT2D eigenvalue weighted by atomic mass is 19.1. The van der Waals surface area contributed by atoms with E-state index in [-0.39, 0.29) is 25.1 Å². The molecule has 0 saturated carbocycles. The molecule has 0 heterocycles. The Bertz CT molecular complexity index is 418. The quantitative estimate of drug-likeness (QED) is 0.735. The Labute approximate surface area is 110 Å². The third-order valence-corrected chi connectivity index (χ3v) is 2.75. The Balaban J connectivity index is 2.56. The lowest BCUT2D eigenvalue weighted by Crippen LogP contribution is -2.41. The summed E-state index contributed by atoms with van der Waals surface area (Å²) in [7, 11) is 0. The number of carbonyl (C=O) groups excluding carboxylic acids is 1. The maximum Gasteiger partial charge on any atom is 0.238 e. The van der Waals surface area contributed by atoms with Gasteiger partial charge in [0.2, 0.25) is 5.91 Å². The van der Waals surface area contributed by atoms with E-state index in [1.165, 1.54) is 6.07 Å². The lowest BCUT2D eigenvalue weighted by atomic mass is 10.1. The highest BCUT2D eigenvalue weighted by Gasteiger charge is 2.15. The molecule has 1 atom stereocenters. The third kappa shape index (κ3) is 4.57. The van der Waals surface area contributed by atoms with Crippen LogP contribution in [0, 0.1) is 17.6 Å². The van der Waals surface area contributed by atoms with Gasteiger partial charge < -0.3 is 15.7 Å². The summed E-state index contributed by atoms with van der Waals surface area (Å²) in [5.41, 5.74) is -0.459. The van der Waals surface area contributed by atoms with Gasteiger partial charge in [-0.15, -0.1) is 0 Å². The number of amides is 1. The second kappa shape index (κ2) is 7.16. The second-order valence-electron chi connectivity index (χ2n) is 4.56. The van der Waals surface area contributed by atoms with E-state index >= 15 is 0 Å². The molecule has 0 bridgehead atoms. The third-order valence-electron chi connectivity index (χ3n) is 2.75. The van der Waals surface area contributed by atoms with Crippen molar-refractivity contribution in [2.24, 2.45) is 5.92 Å². The Hall–Kier alpha value is -1.53. The van der Waals surface area contributed by atoms with Crippen molar-refractivity contribution in [3.8, 4) is 0 Å². The Morgan fingerprint density at radius 2 is 1.89 bits per heavy atom. The molecule has 0 aliphatic heterocycles. The first kappa shape index (κ1) is 15.5. The molecule has 1 amide bonds. The molecule has 0 fully saturated rings. The largest absolute Gasteiger partial charge is 0.395 e. The predicted octanol–water partition coefficient (Wildman–Crippen LogP) is 1.51. The Kier molecular flexibility index (Phi) is 5.85. The van der Waals surface area contributed by atoms with Crippen molar-refractivity contribution in [1.82, 2.24) is 5.32 Å². The van der Waals surface area contributed by atoms with Crippen LogP contribution >= 0.6 is 0 Å². The number of hydrogen-bond acceptors (Lipinski definition) is 3. The first-order valence-electron chi connectivity index (χ1n) is 6.03. The van der Waals surface area contributed by atoms with Crippen molar-refractivity contribution >= 4 is 11.6 Å². The zero-order chi connectivity index (χ0) is 14.4. The van der Waals surface area contributed by atoms with Gasteiger partial charge in [0.1, 0.15) is 17.3 Å². The van der Waals surface area contributed by atoms with Gasteiger partial charge in [-0.2, -0.15) is 0 Å². The van der Waals surface area contributed by atoms with Gasteiger partial charge in [0.15, 0.2) is 0 Å². The molecular weight excluding hydrogens is 254 g/mol. The van der Waals surface area contributed by atoms with Crippen LogP contribution in [-0.4, -0.2) is 30.2 Å². The zero-order valence-electron chi connectivity index (χ0n) is 10.9. The lowest BCUT2D eigenvalue weighted by Gasteiger charge is -2.19. The highest BCUT2D eigenvalue weighted by Crippen LogP contribution is 2.17. The van der Waals surface area contributed by atoms with Crippen LogP contribution in [0.4, 0.5) is 14.5 Å². The maximum absolute atomic E-state index is 13.3. The van der Waals surface area contributed by atoms with E-state index in [1.54, 1.807) is 0 Å². The van der Waals surface area contributed by atoms with Gasteiger partial charge >= 0.3 is 0 Å². The average molecular weight is 272 g/mol. The van der Waals surface area contributed by atoms with Crippen LogP contribution in [0.15, 0.2) is 18.2 Å². The van der Waals surface area contributed by atoms with Crippen LogP contribution in [-0.2, 0) is 4.79 Å². The van der Waals surface area contributed by atoms with E-state index in [9.17, 15) is 13.6 Å². The van der Waals surface area contributed by atoms with Crippen molar-refractivity contribution in [3.05, 3.63) is 29.8 Å². The van der Waals surface area contributed by atoms with Crippen molar-refractivity contribution < 1.29 is 18.7 Å². The second-order valence-corrected chi connectivity index (χ2v) is 4.56. The number of para-hydroxylation sites is 1. The average Bonchev–Trinajstić information content (AvgIpc) is 2.34. The highest BCUT2D eigenvalue weighted by molar-refractivity contribution is 5.92. The normalized spacial score (nSPS) is 12.5. The number of aliphatic hydroxyl groups excluding tert-OH is 1. The van der Waals surface area contributed by atoms with E-state index < -0.39 is 23.2 Å². The lowest BCUT2D eigenvalue weighted by molar-refractivity contribution is -0.115. The molecule has 0 radical (unpaired) electrons.